The number of hydrogen-bond acceptors (Lipinski definition) is 4. The van der Waals surface area contributed by atoms with Crippen LogP contribution < -0.4 is 0 Å². The van der Waals surface area contributed by atoms with Gasteiger partial charge in [0.1, 0.15) is 6.33 Å². The second kappa shape index (κ2) is 5.95. The highest BCUT2D eigenvalue weighted by atomic mass is 16.5. The Kier molecular flexibility index (Phi) is 4.30. The number of carbonyl (C=O) groups excluding carboxylic acids is 1. The monoisotopic (exact) mass is 252 g/mol. The highest BCUT2D eigenvalue weighted by Crippen LogP contribution is 2.29. The number of nitrogens with zero attached hydrogens (tertiary/aromatic N) is 4. The first-order valence-electron chi connectivity index (χ1n) is 6.36. The lowest BCUT2D eigenvalue weighted by Crippen LogP contribution is -2.39. The molecular formula is C12H20N4O2. The lowest BCUT2D eigenvalue weighted by Gasteiger charge is -2.35. The van der Waals surface area contributed by atoms with E-state index in [0.29, 0.717) is 13.0 Å². The molecule has 100 valence electrons. The number of carbonyl (C=O) groups is 1. The van der Waals surface area contributed by atoms with Gasteiger partial charge in [0.25, 0.3) is 0 Å². The van der Waals surface area contributed by atoms with Crippen LogP contribution in [0.4, 0.5) is 0 Å². The lowest BCUT2D eigenvalue weighted by molar-refractivity contribution is -0.136. The standard InChI is InChI=1S/C12H20N4O2/c1-15-9-13-14-12(15)10-5-3-4-7-16(10)11(17)6-8-18-2/h9-10H,3-8H2,1-2H3/t10-/m1/s1. The summed E-state index contributed by atoms with van der Waals surface area (Å²) in [7, 11) is 3.53. The van der Waals surface area contributed by atoms with Gasteiger partial charge in [-0.1, -0.05) is 0 Å². The van der Waals surface area contributed by atoms with E-state index in [1.54, 1.807) is 13.4 Å². The van der Waals surface area contributed by atoms with Crippen molar-refractivity contribution >= 4 is 5.91 Å². The SMILES string of the molecule is COCCC(=O)N1CCCC[C@@H]1c1nncn1C. The molecule has 0 spiro atoms. The fourth-order valence-electron chi connectivity index (χ4n) is 2.43. The van der Waals surface area contributed by atoms with Crippen molar-refractivity contribution in [1.82, 2.24) is 19.7 Å². The molecule has 1 aliphatic heterocycles. The topological polar surface area (TPSA) is 60.2 Å². The van der Waals surface area contributed by atoms with Crippen LogP contribution in [0.3, 0.4) is 0 Å². The van der Waals surface area contributed by atoms with Gasteiger partial charge in [-0.15, -0.1) is 10.2 Å². The summed E-state index contributed by atoms with van der Waals surface area (Å²) >= 11 is 0. The van der Waals surface area contributed by atoms with Crippen molar-refractivity contribution in [2.75, 3.05) is 20.3 Å². The quantitative estimate of drug-likeness (QED) is 0.799. The first kappa shape index (κ1) is 13.0. The molecule has 2 heterocycles. The van der Waals surface area contributed by atoms with Gasteiger partial charge in [-0.05, 0) is 19.3 Å². The smallest absolute Gasteiger partial charge is 0.225 e. The summed E-state index contributed by atoms with van der Waals surface area (Å²) in [5.41, 5.74) is 0. The molecule has 0 aliphatic carbocycles. The zero-order valence-corrected chi connectivity index (χ0v) is 11.0. The fourth-order valence-corrected chi connectivity index (χ4v) is 2.43. The molecule has 0 saturated carbocycles. The Labute approximate surface area is 107 Å². The van der Waals surface area contributed by atoms with Crippen LogP contribution >= 0.6 is 0 Å². The Morgan fingerprint density at radius 3 is 3.06 bits per heavy atom. The number of ether oxygens (including phenoxy) is 1. The number of amides is 1. The van der Waals surface area contributed by atoms with E-state index < -0.39 is 0 Å². The fraction of sp³-hybridized carbons (Fsp3) is 0.750. The number of likely N-dealkylation sites (tertiary alicyclic amines) is 1. The molecule has 1 aromatic rings. The molecule has 1 fully saturated rings. The minimum absolute atomic E-state index is 0.0654. The van der Waals surface area contributed by atoms with E-state index in [4.69, 9.17) is 4.74 Å². The summed E-state index contributed by atoms with van der Waals surface area (Å²) in [6, 6.07) is 0.0654. The maximum atomic E-state index is 12.2. The second-order valence-electron chi connectivity index (χ2n) is 4.64. The zero-order chi connectivity index (χ0) is 13.0. The van der Waals surface area contributed by atoms with E-state index in [1.165, 1.54) is 0 Å². The van der Waals surface area contributed by atoms with Crippen molar-refractivity contribution in [2.24, 2.45) is 7.05 Å². The predicted octanol–water partition coefficient (Wildman–Crippen LogP) is 0.905. The molecule has 0 radical (unpaired) electrons. The van der Waals surface area contributed by atoms with Gasteiger partial charge in [0.05, 0.1) is 19.1 Å². The van der Waals surface area contributed by atoms with Crippen LogP contribution in [0.1, 0.15) is 37.5 Å². The summed E-state index contributed by atoms with van der Waals surface area (Å²) in [6.45, 7) is 1.28. The Morgan fingerprint density at radius 1 is 1.56 bits per heavy atom. The van der Waals surface area contributed by atoms with Gasteiger partial charge < -0.3 is 14.2 Å². The third-order valence-electron chi connectivity index (χ3n) is 3.39. The molecule has 1 atom stereocenters. The molecular weight excluding hydrogens is 232 g/mol. The van der Waals surface area contributed by atoms with Crippen LogP contribution in [0.15, 0.2) is 6.33 Å². The van der Waals surface area contributed by atoms with Crippen molar-refractivity contribution in [1.29, 1.82) is 0 Å². The highest BCUT2D eigenvalue weighted by Gasteiger charge is 2.30. The van der Waals surface area contributed by atoms with Gasteiger partial charge in [-0.25, -0.2) is 0 Å². The predicted molar refractivity (Wildman–Crippen MR) is 65.8 cm³/mol. The van der Waals surface area contributed by atoms with Crippen LogP contribution in [0.5, 0.6) is 0 Å². The molecule has 1 amide bonds. The average Bonchev–Trinajstić information content (AvgIpc) is 2.82. The average molecular weight is 252 g/mol. The third kappa shape index (κ3) is 2.69. The minimum atomic E-state index is 0.0654. The van der Waals surface area contributed by atoms with Crippen LogP contribution in [-0.4, -0.2) is 45.8 Å². The number of hydrogen-bond donors (Lipinski definition) is 0. The molecule has 6 heteroatoms. The van der Waals surface area contributed by atoms with Crippen LogP contribution in [0.2, 0.25) is 0 Å². The summed E-state index contributed by atoms with van der Waals surface area (Å²) in [5, 5.41) is 8.04. The molecule has 1 saturated heterocycles. The van der Waals surface area contributed by atoms with Crippen molar-refractivity contribution in [3.63, 3.8) is 0 Å². The van der Waals surface area contributed by atoms with Crippen molar-refractivity contribution in [2.45, 2.75) is 31.7 Å². The van der Waals surface area contributed by atoms with Gasteiger partial charge in [0, 0.05) is 20.7 Å². The molecule has 1 aromatic heterocycles. The zero-order valence-electron chi connectivity index (χ0n) is 11.0. The van der Waals surface area contributed by atoms with Crippen molar-refractivity contribution in [3.05, 3.63) is 12.2 Å². The number of aryl methyl sites for hydroxylation is 1. The highest BCUT2D eigenvalue weighted by molar-refractivity contribution is 5.76. The third-order valence-corrected chi connectivity index (χ3v) is 3.39. The lowest BCUT2D eigenvalue weighted by atomic mass is 10.0. The van der Waals surface area contributed by atoms with Crippen LogP contribution in [0, 0.1) is 0 Å². The van der Waals surface area contributed by atoms with E-state index in [1.807, 2.05) is 16.5 Å². The normalized spacial score (nSPS) is 20.1. The summed E-state index contributed by atoms with van der Waals surface area (Å²) in [5.74, 6) is 1.02. The molecule has 0 unspecified atom stereocenters. The molecule has 0 N–H and O–H groups in total. The van der Waals surface area contributed by atoms with Gasteiger partial charge >= 0.3 is 0 Å². The summed E-state index contributed by atoms with van der Waals surface area (Å²) < 4.78 is 6.87. The molecule has 0 bridgehead atoms. The van der Waals surface area contributed by atoms with Crippen LogP contribution in [0.25, 0.3) is 0 Å². The molecule has 6 nitrogen and oxygen atoms in total. The largest absolute Gasteiger partial charge is 0.384 e. The summed E-state index contributed by atoms with van der Waals surface area (Å²) in [4.78, 5) is 14.1. The molecule has 18 heavy (non-hydrogen) atoms. The van der Waals surface area contributed by atoms with Gasteiger partial charge in [-0.2, -0.15) is 0 Å². The second-order valence-corrected chi connectivity index (χ2v) is 4.64. The molecule has 0 aromatic carbocycles. The Hall–Kier alpha value is -1.43. The first-order valence-corrected chi connectivity index (χ1v) is 6.36. The maximum Gasteiger partial charge on any atom is 0.225 e. The Morgan fingerprint density at radius 2 is 2.39 bits per heavy atom. The number of rotatable bonds is 4. The van der Waals surface area contributed by atoms with E-state index in [2.05, 4.69) is 10.2 Å². The van der Waals surface area contributed by atoms with Gasteiger partial charge in [0.15, 0.2) is 5.82 Å². The maximum absolute atomic E-state index is 12.2. The Balaban J connectivity index is 2.11. The number of methoxy groups -OCH3 is 1. The Bertz CT molecular complexity index is 405. The van der Waals surface area contributed by atoms with Gasteiger partial charge in [-0.3, -0.25) is 4.79 Å². The number of piperidine rings is 1. The molecule has 1 aliphatic rings. The number of aromatic nitrogens is 3. The minimum Gasteiger partial charge on any atom is -0.384 e. The first-order chi connectivity index (χ1) is 8.74. The molecule has 2 rings (SSSR count). The van der Waals surface area contributed by atoms with E-state index in [-0.39, 0.29) is 11.9 Å². The summed E-state index contributed by atoms with van der Waals surface area (Å²) in [6.07, 6.45) is 5.27. The van der Waals surface area contributed by atoms with Crippen LogP contribution in [-0.2, 0) is 16.6 Å². The van der Waals surface area contributed by atoms with E-state index >= 15 is 0 Å². The van der Waals surface area contributed by atoms with Crippen molar-refractivity contribution < 1.29 is 9.53 Å². The van der Waals surface area contributed by atoms with Gasteiger partial charge in [0.2, 0.25) is 5.91 Å². The van der Waals surface area contributed by atoms with E-state index in [0.717, 1.165) is 31.6 Å². The van der Waals surface area contributed by atoms with Crippen molar-refractivity contribution in [3.8, 4) is 0 Å². The van der Waals surface area contributed by atoms with E-state index in [9.17, 15) is 4.79 Å².